The first-order chi connectivity index (χ1) is 17.7. The summed E-state index contributed by atoms with van der Waals surface area (Å²) >= 11 is 0. The molecule has 0 fully saturated rings. The number of hydrogen-bond donors (Lipinski definition) is 1. The molecular formula is C30H31N3O4. The molecule has 0 unspecified atom stereocenters. The van der Waals surface area contributed by atoms with E-state index in [2.05, 4.69) is 43.2 Å². The van der Waals surface area contributed by atoms with E-state index in [1.807, 2.05) is 49.4 Å². The van der Waals surface area contributed by atoms with Crippen LogP contribution < -0.4 is 5.32 Å². The zero-order valence-electron chi connectivity index (χ0n) is 21.7. The van der Waals surface area contributed by atoms with Crippen LogP contribution in [0.2, 0.25) is 0 Å². The van der Waals surface area contributed by atoms with Gasteiger partial charge in [0, 0.05) is 16.8 Å². The van der Waals surface area contributed by atoms with E-state index in [1.54, 1.807) is 24.3 Å². The Morgan fingerprint density at radius 3 is 2.08 bits per heavy atom. The summed E-state index contributed by atoms with van der Waals surface area (Å²) in [4.78, 5) is 25.2. The van der Waals surface area contributed by atoms with E-state index in [0.717, 1.165) is 27.9 Å². The Bertz CT molecular complexity index is 1380. The van der Waals surface area contributed by atoms with Gasteiger partial charge in [0.1, 0.15) is 0 Å². The molecule has 1 heterocycles. The molecule has 0 aliphatic carbocycles. The Hall–Kier alpha value is -4.26. The van der Waals surface area contributed by atoms with E-state index in [0.29, 0.717) is 22.9 Å². The lowest BCUT2D eigenvalue weighted by Crippen LogP contribution is -2.22. The van der Waals surface area contributed by atoms with E-state index in [1.165, 1.54) is 0 Å². The highest BCUT2D eigenvalue weighted by Crippen LogP contribution is 2.32. The molecule has 1 aromatic heterocycles. The van der Waals surface area contributed by atoms with Crippen molar-refractivity contribution >= 4 is 17.6 Å². The van der Waals surface area contributed by atoms with Crippen molar-refractivity contribution in [2.45, 2.75) is 46.5 Å². The van der Waals surface area contributed by atoms with Crippen LogP contribution in [0, 0.1) is 6.92 Å². The molecule has 37 heavy (non-hydrogen) atoms. The number of esters is 1. The first-order valence-electron chi connectivity index (χ1n) is 12.3. The van der Waals surface area contributed by atoms with Crippen LogP contribution in [0.4, 0.5) is 5.69 Å². The number of amides is 1. The predicted molar refractivity (Wildman–Crippen MR) is 143 cm³/mol. The maximum absolute atomic E-state index is 12.7. The molecule has 7 nitrogen and oxygen atoms in total. The van der Waals surface area contributed by atoms with Gasteiger partial charge in [-0.2, -0.15) is 0 Å². The summed E-state index contributed by atoms with van der Waals surface area (Å²) in [5, 5.41) is 11.2. The Morgan fingerprint density at radius 2 is 1.46 bits per heavy atom. The van der Waals surface area contributed by atoms with E-state index in [4.69, 9.17) is 9.15 Å². The number of aryl methyl sites for hydroxylation is 1. The van der Waals surface area contributed by atoms with Gasteiger partial charge in [-0.1, -0.05) is 64.1 Å². The number of nitrogens with one attached hydrogen (secondary N) is 1. The summed E-state index contributed by atoms with van der Waals surface area (Å²) in [6.07, 6.45) is 0. The van der Waals surface area contributed by atoms with Crippen molar-refractivity contribution in [2.24, 2.45) is 0 Å². The molecular weight excluding hydrogens is 466 g/mol. The van der Waals surface area contributed by atoms with Gasteiger partial charge in [0.2, 0.25) is 11.8 Å². The Labute approximate surface area is 216 Å². The first-order valence-corrected chi connectivity index (χ1v) is 12.3. The van der Waals surface area contributed by atoms with Crippen LogP contribution in [0.5, 0.6) is 0 Å². The van der Waals surface area contributed by atoms with Crippen LogP contribution in [0.1, 0.15) is 66.6 Å². The average Bonchev–Trinajstić information content (AvgIpc) is 3.37. The summed E-state index contributed by atoms with van der Waals surface area (Å²) in [5.41, 5.74) is 5.79. The fourth-order valence-corrected chi connectivity index (χ4v) is 4.10. The molecule has 0 atom stereocenters. The third-order valence-electron chi connectivity index (χ3n) is 6.14. The number of carbonyl (C=O) groups is 2. The predicted octanol–water partition coefficient (Wildman–Crippen LogP) is 6.75. The van der Waals surface area contributed by atoms with E-state index >= 15 is 0 Å². The number of rotatable bonds is 8. The van der Waals surface area contributed by atoms with Crippen LogP contribution in [0.15, 0.2) is 71.1 Å². The van der Waals surface area contributed by atoms with Crippen molar-refractivity contribution < 1.29 is 18.7 Å². The number of para-hydroxylation sites is 1. The molecule has 0 saturated carbocycles. The SMILES string of the molecule is Cc1ccccc1-c1nnc(-c2ccc(C(=O)OCC(=O)Nc3c(C(C)C)cccc3C(C)C)cc2)o1. The highest BCUT2D eigenvalue weighted by atomic mass is 16.5. The third kappa shape index (κ3) is 5.94. The van der Waals surface area contributed by atoms with Crippen molar-refractivity contribution in [2.75, 3.05) is 11.9 Å². The normalized spacial score (nSPS) is 11.1. The number of anilines is 1. The number of aromatic nitrogens is 2. The van der Waals surface area contributed by atoms with Crippen LogP contribution in [0.3, 0.4) is 0 Å². The maximum Gasteiger partial charge on any atom is 0.338 e. The minimum atomic E-state index is -0.589. The van der Waals surface area contributed by atoms with Crippen molar-refractivity contribution in [1.29, 1.82) is 0 Å². The summed E-state index contributed by atoms with van der Waals surface area (Å²) in [7, 11) is 0. The molecule has 4 rings (SSSR count). The molecule has 0 saturated heterocycles. The second-order valence-corrected chi connectivity index (χ2v) is 9.55. The average molecular weight is 498 g/mol. The van der Waals surface area contributed by atoms with E-state index in [9.17, 15) is 9.59 Å². The van der Waals surface area contributed by atoms with Crippen molar-refractivity contribution in [1.82, 2.24) is 10.2 Å². The van der Waals surface area contributed by atoms with Gasteiger partial charge < -0.3 is 14.5 Å². The minimum absolute atomic E-state index is 0.238. The number of hydrogen-bond acceptors (Lipinski definition) is 6. The van der Waals surface area contributed by atoms with E-state index in [-0.39, 0.29) is 24.3 Å². The summed E-state index contributed by atoms with van der Waals surface area (Å²) < 4.78 is 11.1. The fraction of sp³-hybridized carbons (Fsp3) is 0.267. The Balaban J connectivity index is 1.40. The lowest BCUT2D eigenvalue weighted by Gasteiger charge is -2.20. The molecule has 4 aromatic rings. The maximum atomic E-state index is 12.7. The van der Waals surface area contributed by atoms with Crippen molar-refractivity contribution in [3.8, 4) is 22.9 Å². The molecule has 0 radical (unpaired) electrons. The molecule has 190 valence electrons. The summed E-state index contributed by atoms with van der Waals surface area (Å²) in [5.74, 6) is 0.289. The second kappa shape index (κ2) is 11.2. The number of ether oxygens (including phenoxy) is 1. The summed E-state index contributed by atoms with van der Waals surface area (Å²) in [6, 6.07) is 20.4. The number of carbonyl (C=O) groups excluding carboxylic acids is 2. The zero-order valence-corrected chi connectivity index (χ0v) is 21.7. The standard InChI is InChI=1S/C30H31N3O4/c1-18(2)23-11-8-12-24(19(3)4)27(23)31-26(34)17-36-30(35)22-15-13-21(14-16-22)28-32-33-29(37-28)25-10-7-6-9-20(25)5/h6-16,18-19H,17H2,1-5H3,(H,31,34). The highest BCUT2D eigenvalue weighted by Gasteiger charge is 2.18. The van der Waals surface area contributed by atoms with Crippen LogP contribution in [-0.2, 0) is 9.53 Å². The Morgan fingerprint density at radius 1 is 0.838 bits per heavy atom. The molecule has 3 aromatic carbocycles. The monoisotopic (exact) mass is 497 g/mol. The molecule has 0 aliphatic rings. The largest absolute Gasteiger partial charge is 0.452 e. The van der Waals surface area contributed by atoms with Gasteiger partial charge in [-0.05, 0) is 65.8 Å². The number of nitrogens with zero attached hydrogens (tertiary/aromatic N) is 2. The van der Waals surface area contributed by atoms with Crippen molar-refractivity contribution in [3.05, 3.63) is 89.0 Å². The quantitative estimate of drug-likeness (QED) is 0.271. The van der Waals surface area contributed by atoms with Crippen molar-refractivity contribution in [3.63, 3.8) is 0 Å². The van der Waals surface area contributed by atoms with Gasteiger partial charge in [0.05, 0.1) is 5.56 Å². The van der Waals surface area contributed by atoms with Gasteiger partial charge >= 0.3 is 5.97 Å². The van der Waals surface area contributed by atoms with E-state index < -0.39 is 5.97 Å². The molecule has 0 spiro atoms. The topological polar surface area (TPSA) is 94.3 Å². The van der Waals surface area contributed by atoms with Gasteiger partial charge in [-0.3, -0.25) is 4.79 Å². The van der Waals surface area contributed by atoms with Gasteiger partial charge in [-0.15, -0.1) is 10.2 Å². The second-order valence-electron chi connectivity index (χ2n) is 9.55. The van der Waals surface area contributed by atoms with Gasteiger partial charge in [-0.25, -0.2) is 4.79 Å². The fourth-order valence-electron chi connectivity index (χ4n) is 4.10. The molecule has 1 N–H and O–H groups in total. The Kier molecular flexibility index (Phi) is 7.82. The third-order valence-corrected chi connectivity index (χ3v) is 6.14. The first kappa shape index (κ1) is 25.8. The van der Waals surface area contributed by atoms with Gasteiger partial charge in [0.15, 0.2) is 6.61 Å². The molecule has 0 bridgehead atoms. The molecule has 7 heteroatoms. The zero-order chi connectivity index (χ0) is 26.5. The number of benzene rings is 3. The van der Waals surface area contributed by atoms with Gasteiger partial charge in [0.25, 0.3) is 5.91 Å². The smallest absolute Gasteiger partial charge is 0.338 e. The minimum Gasteiger partial charge on any atom is -0.452 e. The van der Waals surface area contributed by atoms with Crippen LogP contribution in [0.25, 0.3) is 22.9 Å². The highest BCUT2D eigenvalue weighted by molar-refractivity contribution is 5.96. The van der Waals surface area contributed by atoms with Crippen LogP contribution >= 0.6 is 0 Å². The lowest BCUT2D eigenvalue weighted by molar-refractivity contribution is -0.119. The molecule has 1 amide bonds. The van der Waals surface area contributed by atoms with Crippen LogP contribution in [-0.4, -0.2) is 28.7 Å². The molecule has 0 aliphatic heterocycles. The summed E-state index contributed by atoms with van der Waals surface area (Å²) in [6.45, 7) is 9.92. The lowest BCUT2D eigenvalue weighted by atomic mass is 9.92.